The average molecular weight is 330 g/mol. The van der Waals surface area contributed by atoms with Crippen molar-refractivity contribution in [2.75, 3.05) is 6.54 Å². The second-order valence-electron chi connectivity index (χ2n) is 6.13. The van der Waals surface area contributed by atoms with Crippen molar-refractivity contribution in [2.24, 2.45) is 0 Å². The largest absolute Gasteiger partial charge is 0.345 e. The number of carbonyl (C=O) groups excluding carboxylic acids is 1. The number of unbranched alkanes of at least 4 members (excludes halogenated alkanes) is 2. The van der Waals surface area contributed by atoms with Gasteiger partial charge in [0, 0.05) is 31.4 Å². The minimum absolute atomic E-state index is 0.185. The number of hydrogen-bond acceptors (Lipinski definition) is 1. The van der Waals surface area contributed by atoms with Gasteiger partial charge in [-0.25, -0.2) is 4.39 Å². The monoisotopic (exact) mass is 330 g/mol. The molecule has 3 nitrogen and oxygen atoms in total. The van der Waals surface area contributed by atoms with Gasteiger partial charge >= 0.3 is 0 Å². The van der Waals surface area contributed by atoms with E-state index in [9.17, 15) is 9.18 Å². The SMILES string of the molecule is CCCCCN(Cc1cccn1Cc1cccc(F)c1)C(=O)CC. The van der Waals surface area contributed by atoms with Crippen LogP contribution in [0.15, 0.2) is 42.6 Å². The Bertz CT molecular complexity index is 651. The normalized spacial score (nSPS) is 10.8. The molecule has 0 bridgehead atoms. The fraction of sp³-hybridized carbons (Fsp3) is 0.450. The molecule has 0 aliphatic heterocycles. The minimum atomic E-state index is -0.219. The van der Waals surface area contributed by atoms with E-state index >= 15 is 0 Å². The van der Waals surface area contributed by atoms with Crippen molar-refractivity contribution in [3.05, 3.63) is 59.7 Å². The molecule has 0 aliphatic carbocycles. The summed E-state index contributed by atoms with van der Waals surface area (Å²) >= 11 is 0. The van der Waals surface area contributed by atoms with Gasteiger partial charge in [-0.1, -0.05) is 38.8 Å². The number of hydrogen-bond donors (Lipinski definition) is 0. The van der Waals surface area contributed by atoms with E-state index in [2.05, 4.69) is 11.5 Å². The first-order valence-corrected chi connectivity index (χ1v) is 8.80. The second-order valence-corrected chi connectivity index (χ2v) is 6.13. The molecule has 1 amide bonds. The Morgan fingerprint density at radius 2 is 2.00 bits per heavy atom. The van der Waals surface area contributed by atoms with Crippen molar-refractivity contribution in [3.63, 3.8) is 0 Å². The summed E-state index contributed by atoms with van der Waals surface area (Å²) in [6.07, 6.45) is 5.83. The lowest BCUT2D eigenvalue weighted by Crippen LogP contribution is -2.31. The Balaban J connectivity index is 2.07. The third kappa shape index (κ3) is 5.22. The molecular formula is C20H27FN2O. The van der Waals surface area contributed by atoms with E-state index in [-0.39, 0.29) is 11.7 Å². The Hall–Kier alpha value is -2.10. The van der Waals surface area contributed by atoms with E-state index < -0.39 is 0 Å². The molecule has 130 valence electrons. The molecule has 2 rings (SSSR count). The molecule has 0 atom stereocenters. The van der Waals surface area contributed by atoms with Gasteiger partial charge in [-0.05, 0) is 36.2 Å². The van der Waals surface area contributed by atoms with Gasteiger partial charge in [-0.15, -0.1) is 0 Å². The second kappa shape index (κ2) is 9.26. The summed E-state index contributed by atoms with van der Waals surface area (Å²) in [5.74, 6) is -0.0341. The van der Waals surface area contributed by atoms with Crippen LogP contribution in [0.4, 0.5) is 4.39 Å². The minimum Gasteiger partial charge on any atom is -0.345 e. The summed E-state index contributed by atoms with van der Waals surface area (Å²) in [5.41, 5.74) is 2.00. The number of amides is 1. The average Bonchev–Trinajstić information content (AvgIpc) is 3.00. The highest BCUT2D eigenvalue weighted by atomic mass is 19.1. The quantitative estimate of drug-likeness (QED) is 0.617. The Morgan fingerprint density at radius 1 is 1.17 bits per heavy atom. The molecular weight excluding hydrogens is 303 g/mol. The van der Waals surface area contributed by atoms with Crippen LogP contribution in [-0.2, 0) is 17.9 Å². The predicted octanol–water partition coefficient (Wildman–Crippen LogP) is 4.60. The molecule has 1 aromatic heterocycles. The first-order chi connectivity index (χ1) is 11.6. The number of benzene rings is 1. The van der Waals surface area contributed by atoms with Gasteiger partial charge in [0.25, 0.3) is 0 Å². The lowest BCUT2D eigenvalue weighted by atomic mass is 10.2. The highest BCUT2D eigenvalue weighted by molar-refractivity contribution is 5.75. The van der Waals surface area contributed by atoms with E-state index in [1.807, 2.05) is 36.2 Å². The third-order valence-corrected chi connectivity index (χ3v) is 4.21. The molecule has 0 radical (unpaired) electrons. The van der Waals surface area contributed by atoms with E-state index in [4.69, 9.17) is 0 Å². The van der Waals surface area contributed by atoms with Gasteiger partial charge < -0.3 is 9.47 Å². The smallest absolute Gasteiger partial charge is 0.222 e. The van der Waals surface area contributed by atoms with E-state index in [0.717, 1.165) is 37.1 Å². The zero-order chi connectivity index (χ0) is 17.4. The molecule has 4 heteroatoms. The van der Waals surface area contributed by atoms with Crippen molar-refractivity contribution < 1.29 is 9.18 Å². The molecule has 0 fully saturated rings. The van der Waals surface area contributed by atoms with Crippen LogP contribution in [0.25, 0.3) is 0 Å². The zero-order valence-corrected chi connectivity index (χ0v) is 14.7. The molecule has 24 heavy (non-hydrogen) atoms. The summed E-state index contributed by atoms with van der Waals surface area (Å²) in [6, 6.07) is 10.7. The highest BCUT2D eigenvalue weighted by Crippen LogP contribution is 2.13. The molecule has 0 aliphatic rings. The van der Waals surface area contributed by atoms with Crippen LogP contribution in [0, 0.1) is 5.82 Å². The van der Waals surface area contributed by atoms with E-state index in [1.54, 1.807) is 12.1 Å². The zero-order valence-electron chi connectivity index (χ0n) is 14.7. The molecule has 1 aromatic carbocycles. The van der Waals surface area contributed by atoms with Crippen molar-refractivity contribution in [2.45, 2.75) is 52.6 Å². The van der Waals surface area contributed by atoms with Crippen LogP contribution in [-0.4, -0.2) is 21.9 Å². The first kappa shape index (κ1) is 18.2. The van der Waals surface area contributed by atoms with Crippen LogP contribution >= 0.6 is 0 Å². The van der Waals surface area contributed by atoms with Gasteiger partial charge in [0.15, 0.2) is 0 Å². The van der Waals surface area contributed by atoms with E-state index in [0.29, 0.717) is 19.5 Å². The van der Waals surface area contributed by atoms with Gasteiger partial charge in [-0.3, -0.25) is 4.79 Å². The summed E-state index contributed by atoms with van der Waals surface area (Å²) in [4.78, 5) is 14.2. The predicted molar refractivity (Wildman–Crippen MR) is 95.2 cm³/mol. The number of halogens is 1. The topological polar surface area (TPSA) is 25.2 Å². The van der Waals surface area contributed by atoms with Crippen LogP contribution < -0.4 is 0 Å². The number of nitrogens with zero attached hydrogens (tertiary/aromatic N) is 2. The van der Waals surface area contributed by atoms with Gasteiger partial charge in [0.2, 0.25) is 5.91 Å². The van der Waals surface area contributed by atoms with E-state index in [1.165, 1.54) is 6.07 Å². The molecule has 1 heterocycles. The maximum atomic E-state index is 13.4. The molecule has 0 saturated heterocycles. The van der Waals surface area contributed by atoms with Crippen LogP contribution in [0.5, 0.6) is 0 Å². The van der Waals surface area contributed by atoms with Crippen molar-refractivity contribution in [3.8, 4) is 0 Å². The van der Waals surface area contributed by atoms with Crippen molar-refractivity contribution >= 4 is 5.91 Å². The molecule has 2 aromatic rings. The maximum absolute atomic E-state index is 13.4. The Morgan fingerprint density at radius 3 is 2.71 bits per heavy atom. The first-order valence-electron chi connectivity index (χ1n) is 8.80. The third-order valence-electron chi connectivity index (χ3n) is 4.21. The number of rotatable bonds is 9. The maximum Gasteiger partial charge on any atom is 0.222 e. The summed E-state index contributed by atoms with van der Waals surface area (Å²) < 4.78 is 15.5. The fourth-order valence-corrected chi connectivity index (χ4v) is 2.84. The van der Waals surface area contributed by atoms with Gasteiger partial charge in [0.05, 0.1) is 6.54 Å². The standard InChI is InChI=1S/C20H27FN2O/c1-3-5-6-12-23(20(24)4-2)16-19-11-8-13-22(19)15-17-9-7-10-18(21)14-17/h7-11,13-14H,3-6,12,15-16H2,1-2H3. The Kier molecular flexibility index (Phi) is 7.04. The van der Waals surface area contributed by atoms with Crippen LogP contribution in [0.2, 0.25) is 0 Å². The van der Waals surface area contributed by atoms with Crippen LogP contribution in [0.3, 0.4) is 0 Å². The fourth-order valence-electron chi connectivity index (χ4n) is 2.84. The highest BCUT2D eigenvalue weighted by Gasteiger charge is 2.14. The lowest BCUT2D eigenvalue weighted by molar-refractivity contribution is -0.131. The van der Waals surface area contributed by atoms with Gasteiger partial charge in [0.1, 0.15) is 5.82 Å². The molecule has 0 spiro atoms. The van der Waals surface area contributed by atoms with Crippen LogP contribution in [0.1, 0.15) is 50.8 Å². The molecule has 0 N–H and O–H groups in total. The summed E-state index contributed by atoms with van der Waals surface area (Å²) in [6.45, 7) is 6.09. The lowest BCUT2D eigenvalue weighted by Gasteiger charge is -2.23. The Labute approximate surface area is 144 Å². The van der Waals surface area contributed by atoms with Gasteiger partial charge in [-0.2, -0.15) is 0 Å². The molecule has 0 saturated carbocycles. The summed E-state index contributed by atoms with van der Waals surface area (Å²) in [5, 5.41) is 0. The number of aromatic nitrogens is 1. The van der Waals surface area contributed by atoms with Crippen molar-refractivity contribution in [1.82, 2.24) is 9.47 Å². The molecule has 0 unspecified atom stereocenters. The van der Waals surface area contributed by atoms with Crippen molar-refractivity contribution in [1.29, 1.82) is 0 Å². The number of carbonyl (C=O) groups is 1. The summed E-state index contributed by atoms with van der Waals surface area (Å²) in [7, 11) is 0.